The van der Waals surface area contributed by atoms with Crippen LogP contribution in [-0.2, 0) is 0 Å². The largest absolute Gasteiger partial charge is 0.176 e. The summed E-state index contributed by atoms with van der Waals surface area (Å²) in [5.74, 6) is 1.73. The smallest absolute Gasteiger partial charge is 0.00425 e. The molecule has 0 saturated carbocycles. The van der Waals surface area contributed by atoms with E-state index in [1.165, 1.54) is 44.9 Å². The zero-order chi connectivity index (χ0) is 11.7. The summed E-state index contributed by atoms with van der Waals surface area (Å²) < 4.78 is 0. The van der Waals surface area contributed by atoms with Crippen molar-refractivity contribution >= 4 is 12.6 Å². The van der Waals surface area contributed by atoms with E-state index in [0.717, 1.165) is 11.8 Å². The molecule has 0 amide bonds. The molecule has 15 heavy (non-hydrogen) atoms. The van der Waals surface area contributed by atoms with Crippen molar-refractivity contribution in [1.82, 2.24) is 0 Å². The molecule has 0 fully saturated rings. The lowest BCUT2D eigenvalue weighted by Crippen LogP contribution is -2.17. The molecule has 0 aromatic heterocycles. The van der Waals surface area contributed by atoms with Crippen molar-refractivity contribution in [3.63, 3.8) is 0 Å². The van der Waals surface area contributed by atoms with Gasteiger partial charge in [-0.15, -0.1) is 0 Å². The molecule has 0 N–H and O–H groups in total. The van der Waals surface area contributed by atoms with Gasteiger partial charge in [-0.25, -0.2) is 0 Å². The van der Waals surface area contributed by atoms with Gasteiger partial charge in [0.15, 0.2) is 0 Å². The fourth-order valence-corrected chi connectivity index (χ4v) is 2.63. The normalized spacial score (nSPS) is 17.4. The van der Waals surface area contributed by atoms with Gasteiger partial charge in [0.2, 0.25) is 0 Å². The topological polar surface area (TPSA) is 0 Å². The molecule has 0 saturated heterocycles. The molecule has 0 aromatic rings. The summed E-state index contributed by atoms with van der Waals surface area (Å²) in [6.45, 7) is 9.25. The van der Waals surface area contributed by atoms with E-state index in [1.807, 2.05) is 0 Å². The molecule has 0 nitrogen and oxygen atoms in total. The Morgan fingerprint density at radius 1 is 1.00 bits per heavy atom. The van der Waals surface area contributed by atoms with E-state index in [4.69, 9.17) is 12.6 Å². The van der Waals surface area contributed by atoms with Gasteiger partial charge < -0.3 is 0 Å². The molecule has 0 heterocycles. The van der Waals surface area contributed by atoms with Gasteiger partial charge in [-0.1, -0.05) is 53.4 Å². The van der Waals surface area contributed by atoms with Crippen LogP contribution in [0.15, 0.2) is 0 Å². The summed E-state index contributed by atoms with van der Waals surface area (Å²) in [4.78, 5) is 0. The molecule has 0 aliphatic rings. The van der Waals surface area contributed by atoms with Crippen LogP contribution < -0.4 is 0 Å². The number of hydrogen-bond donors (Lipinski definition) is 1. The molecule has 0 rings (SSSR count). The minimum absolute atomic E-state index is 0.619. The number of unbranched alkanes of at least 4 members (excludes halogenated alkanes) is 1. The molecular weight excluding hydrogens is 200 g/mol. The molecule has 92 valence electrons. The summed E-state index contributed by atoms with van der Waals surface area (Å²) in [7, 11) is 0. The molecule has 0 radical (unpaired) electrons. The van der Waals surface area contributed by atoms with Gasteiger partial charge in [-0.05, 0) is 31.1 Å². The van der Waals surface area contributed by atoms with Gasteiger partial charge in [0.05, 0.1) is 0 Å². The van der Waals surface area contributed by atoms with Gasteiger partial charge in [-0.3, -0.25) is 0 Å². The third kappa shape index (κ3) is 7.27. The highest BCUT2D eigenvalue weighted by Crippen LogP contribution is 2.28. The van der Waals surface area contributed by atoms with Crippen molar-refractivity contribution in [2.75, 3.05) is 0 Å². The Bertz CT molecular complexity index is 133. The van der Waals surface area contributed by atoms with Crippen molar-refractivity contribution in [2.24, 2.45) is 11.8 Å². The SMILES string of the molecule is CCCCC(C)CC(CCC)C(S)CC. The standard InChI is InChI=1S/C14H30S/c1-5-8-10-12(4)11-13(9-6-2)14(15)7-3/h12-15H,5-11H2,1-4H3. The lowest BCUT2D eigenvalue weighted by atomic mass is 9.86. The first-order chi connectivity index (χ1) is 7.15. The van der Waals surface area contributed by atoms with Crippen molar-refractivity contribution in [2.45, 2.75) is 77.9 Å². The fourth-order valence-electron chi connectivity index (χ4n) is 2.36. The van der Waals surface area contributed by atoms with Crippen LogP contribution >= 0.6 is 12.6 Å². The van der Waals surface area contributed by atoms with Crippen LogP contribution in [0.4, 0.5) is 0 Å². The maximum Gasteiger partial charge on any atom is 0.00425 e. The van der Waals surface area contributed by atoms with Gasteiger partial charge in [0.1, 0.15) is 0 Å². The monoisotopic (exact) mass is 230 g/mol. The summed E-state index contributed by atoms with van der Waals surface area (Å²) in [5, 5.41) is 0.619. The summed E-state index contributed by atoms with van der Waals surface area (Å²) in [6, 6.07) is 0. The zero-order valence-corrected chi connectivity index (χ0v) is 12.0. The van der Waals surface area contributed by atoms with Crippen LogP contribution in [-0.4, -0.2) is 5.25 Å². The predicted molar refractivity (Wildman–Crippen MR) is 74.8 cm³/mol. The van der Waals surface area contributed by atoms with Crippen LogP contribution in [0.2, 0.25) is 0 Å². The lowest BCUT2D eigenvalue weighted by molar-refractivity contribution is 0.336. The second-order valence-corrected chi connectivity index (χ2v) is 5.67. The van der Waals surface area contributed by atoms with E-state index in [-0.39, 0.29) is 0 Å². The molecule has 0 aromatic carbocycles. The van der Waals surface area contributed by atoms with E-state index < -0.39 is 0 Å². The van der Waals surface area contributed by atoms with Crippen LogP contribution in [0.1, 0.15) is 72.6 Å². The van der Waals surface area contributed by atoms with E-state index in [1.54, 1.807) is 0 Å². The highest BCUT2D eigenvalue weighted by molar-refractivity contribution is 7.81. The molecule has 0 spiro atoms. The first-order valence-corrected chi connectivity index (χ1v) is 7.35. The zero-order valence-electron chi connectivity index (χ0n) is 11.1. The van der Waals surface area contributed by atoms with Crippen molar-refractivity contribution < 1.29 is 0 Å². The fraction of sp³-hybridized carbons (Fsp3) is 1.00. The third-order valence-corrected chi connectivity index (χ3v) is 4.16. The van der Waals surface area contributed by atoms with Gasteiger partial charge in [0.25, 0.3) is 0 Å². The first-order valence-electron chi connectivity index (χ1n) is 6.83. The first kappa shape index (κ1) is 15.3. The predicted octanol–water partition coefficient (Wildman–Crippen LogP) is 5.33. The summed E-state index contributed by atoms with van der Waals surface area (Å²) in [6.07, 6.45) is 9.40. The quantitative estimate of drug-likeness (QED) is 0.509. The van der Waals surface area contributed by atoms with Crippen molar-refractivity contribution in [3.8, 4) is 0 Å². The Labute approximate surface area is 103 Å². The Kier molecular flexibility index (Phi) is 9.79. The van der Waals surface area contributed by atoms with E-state index in [9.17, 15) is 0 Å². The maximum atomic E-state index is 4.72. The minimum atomic E-state index is 0.619. The molecular formula is C14H30S. The average molecular weight is 230 g/mol. The molecule has 0 bridgehead atoms. The Morgan fingerprint density at radius 2 is 1.67 bits per heavy atom. The molecule has 1 heteroatoms. The van der Waals surface area contributed by atoms with Gasteiger partial charge >= 0.3 is 0 Å². The Morgan fingerprint density at radius 3 is 2.13 bits per heavy atom. The summed E-state index contributed by atoms with van der Waals surface area (Å²) >= 11 is 4.72. The lowest BCUT2D eigenvalue weighted by Gasteiger charge is -2.25. The van der Waals surface area contributed by atoms with E-state index in [0.29, 0.717) is 5.25 Å². The molecule has 0 aliphatic heterocycles. The second-order valence-electron chi connectivity index (χ2n) is 5.01. The summed E-state index contributed by atoms with van der Waals surface area (Å²) in [5.41, 5.74) is 0. The van der Waals surface area contributed by atoms with E-state index in [2.05, 4.69) is 27.7 Å². The second kappa shape index (κ2) is 9.57. The molecule has 0 aliphatic carbocycles. The molecule has 3 unspecified atom stereocenters. The Hall–Kier alpha value is 0.350. The third-order valence-electron chi connectivity index (χ3n) is 3.38. The highest BCUT2D eigenvalue weighted by atomic mass is 32.1. The van der Waals surface area contributed by atoms with Crippen molar-refractivity contribution in [1.29, 1.82) is 0 Å². The van der Waals surface area contributed by atoms with Crippen LogP contribution in [0.5, 0.6) is 0 Å². The Balaban J connectivity index is 3.91. The number of thiol groups is 1. The maximum absolute atomic E-state index is 4.72. The average Bonchev–Trinajstić information content (AvgIpc) is 2.24. The highest BCUT2D eigenvalue weighted by Gasteiger charge is 2.18. The van der Waals surface area contributed by atoms with Crippen LogP contribution in [0, 0.1) is 11.8 Å². The van der Waals surface area contributed by atoms with E-state index >= 15 is 0 Å². The van der Waals surface area contributed by atoms with Gasteiger partial charge in [-0.2, -0.15) is 12.6 Å². The van der Waals surface area contributed by atoms with Crippen LogP contribution in [0.3, 0.4) is 0 Å². The minimum Gasteiger partial charge on any atom is -0.176 e. The van der Waals surface area contributed by atoms with Gasteiger partial charge in [0, 0.05) is 5.25 Å². The molecule has 3 atom stereocenters. The van der Waals surface area contributed by atoms with Crippen LogP contribution in [0.25, 0.3) is 0 Å². The van der Waals surface area contributed by atoms with Crippen molar-refractivity contribution in [3.05, 3.63) is 0 Å². The number of hydrogen-bond acceptors (Lipinski definition) is 1. The number of rotatable bonds is 9.